The van der Waals surface area contributed by atoms with E-state index >= 15 is 0 Å². The minimum atomic E-state index is 0.727. The van der Waals surface area contributed by atoms with Gasteiger partial charge in [-0.1, -0.05) is 0 Å². The molecule has 13 heavy (non-hydrogen) atoms. The lowest BCUT2D eigenvalue weighted by Crippen LogP contribution is -2.12. The highest BCUT2D eigenvalue weighted by Crippen LogP contribution is 2.31. The molecule has 1 aromatic carbocycles. The van der Waals surface area contributed by atoms with Gasteiger partial charge in [-0.15, -0.1) is 0 Å². The topological polar surface area (TPSA) is 47.3 Å². The van der Waals surface area contributed by atoms with Gasteiger partial charge < -0.3 is 15.8 Å². The van der Waals surface area contributed by atoms with Gasteiger partial charge in [0.05, 0.1) is 12.8 Å². The van der Waals surface area contributed by atoms with Crippen LogP contribution >= 0.6 is 0 Å². The largest absolute Gasteiger partial charge is 0.495 e. The van der Waals surface area contributed by atoms with E-state index in [-0.39, 0.29) is 0 Å². The second-order valence-corrected chi connectivity index (χ2v) is 3.28. The molecule has 3 heteroatoms. The van der Waals surface area contributed by atoms with Gasteiger partial charge in [0, 0.05) is 18.3 Å². The molecule has 1 heterocycles. The van der Waals surface area contributed by atoms with E-state index in [4.69, 9.17) is 10.5 Å². The third-order valence-corrected chi connectivity index (χ3v) is 2.39. The van der Waals surface area contributed by atoms with Crippen molar-refractivity contribution in [2.24, 2.45) is 0 Å². The summed E-state index contributed by atoms with van der Waals surface area (Å²) in [6, 6.07) is 3.98. The van der Waals surface area contributed by atoms with Crippen molar-refractivity contribution >= 4 is 11.4 Å². The minimum Gasteiger partial charge on any atom is -0.495 e. The summed E-state index contributed by atoms with van der Waals surface area (Å²) in [4.78, 5) is 0. The van der Waals surface area contributed by atoms with Gasteiger partial charge in [0.1, 0.15) is 5.75 Å². The van der Waals surface area contributed by atoms with Crippen LogP contribution in [0.25, 0.3) is 0 Å². The molecule has 0 radical (unpaired) electrons. The second-order valence-electron chi connectivity index (χ2n) is 3.28. The zero-order valence-corrected chi connectivity index (χ0v) is 7.76. The number of methoxy groups -OCH3 is 1. The van der Waals surface area contributed by atoms with Crippen molar-refractivity contribution in [2.75, 3.05) is 24.7 Å². The molecule has 1 aliphatic rings. The van der Waals surface area contributed by atoms with Crippen molar-refractivity contribution in [1.82, 2.24) is 0 Å². The predicted octanol–water partition coefficient (Wildman–Crippen LogP) is 1.64. The molecule has 0 amide bonds. The lowest BCUT2D eigenvalue weighted by molar-refractivity contribution is 0.417. The number of anilines is 2. The summed E-state index contributed by atoms with van der Waals surface area (Å²) in [5.41, 5.74) is 8.99. The molecule has 1 aliphatic heterocycles. The highest BCUT2D eigenvalue weighted by Gasteiger charge is 2.11. The fourth-order valence-electron chi connectivity index (χ4n) is 1.69. The van der Waals surface area contributed by atoms with Crippen LogP contribution in [0, 0.1) is 0 Å². The molecule has 0 bridgehead atoms. The molecule has 0 saturated heterocycles. The van der Waals surface area contributed by atoms with Crippen LogP contribution in [0.2, 0.25) is 0 Å². The SMILES string of the molecule is COc1cc2c(cc1N)CCCN2. The standard InChI is InChI=1S/C10H14N2O/c1-13-10-6-9-7(5-8(10)11)3-2-4-12-9/h5-6,12H,2-4,11H2,1H3. The molecule has 0 aliphatic carbocycles. The van der Waals surface area contributed by atoms with E-state index < -0.39 is 0 Å². The summed E-state index contributed by atoms with van der Waals surface area (Å²) in [5.74, 6) is 0.758. The van der Waals surface area contributed by atoms with Crippen molar-refractivity contribution in [3.05, 3.63) is 17.7 Å². The van der Waals surface area contributed by atoms with Crippen molar-refractivity contribution in [3.63, 3.8) is 0 Å². The molecule has 70 valence electrons. The van der Waals surface area contributed by atoms with Gasteiger partial charge >= 0.3 is 0 Å². The van der Waals surface area contributed by atoms with Crippen molar-refractivity contribution in [2.45, 2.75) is 12.8 Å². The average molecular weight is 178 g/mol. The Labute approximate surface area is 77.9 Å². The fraction of sp³-hybridized carbons (Fsp3) is 0.400. The third kappa shape index (κ3) is 1.41. The first-order valence-electron chi connectivity index (χ1n) is 4.51. The summed E-state index contributed by atoms with van der Waals surface area (Å²) in [7, 11) is 1.64. The number of fused-ring (bicyclic) bond motifs is 1. The Hall–Kier alpha value is -1.38. The zero-order chi connectivity index (χ0) is 9.26. The number of hydrogen-bond donors (Lipinski definition) is 2. The lowest BCUT2D eigenvalue weighted by atomic mass is 10.0. The first kappa shape index (κ1) is 8.23. The molecular weight excluding hydrogens is 164 g/mol. The molecule has 0 fully saturated rings. The Bertz CT molecular complexity index is 323. The van der Waals surface area contributed by atoms with Crippen LogP contribution in [0.4, 0.5) is 11.4 Å². The molecule has 3 nitrogen and oxygen atoms in total. The highest BCUT2D eigenvalue weighted by molar-refractivity contribution is 5.66. The van der Waals surface area contributed by atoms with Crippen LogP contribution in [0.15, 0.2) is 12.1 Å². The van der Waals surface area contributed by atoms with Crippen LogP contribution in [-0.4, -0.2) is 13.7 Å². The molecule has 1 aromatic rings. The van der Waals surface area contributed by atoms with Crippen molar-refractivity contribution < 1.29 is 4.74 Å². The summed E-state index contributed by atoms with van der Waals surface area (Å²) < 4.78 is 5.15. The van der Waals surface area contributed by atoms with Gasteiger partial charge in [0.25, 0.3) is 0 Å². The number of nitrogens with one attached hydrogen (secondary N) is 1. The van der Waals surface area contributed by atoms with Gasteiger partial charge in [0.15, 0.2) is 0 Å². The number of hydrogen-bond acceptors (Lipinski definition) is 3. The Morgan fingerprint density at radius 1 is 1.46 bits per heavy atom. The number of benzene rings is 1. The molecule has 0 unspecified atom stereocenters. The van der Waals surface area contributed by atoms with Crippen LogP contribution in [0.5, 0.6) is 5.75 Å². The monoisotopic (exact) mass is 178 g/mol. The average Bonchev–Trinajstić information content (AvgIpc) is 2.17. The van der Waals surface area contributed by atoms with E-state index in [1.54, 1.807) is 7.11 Å². The quantitative estimate of drug-likeness (QED) is 0.642. The summed E-state index contributed by atoms with van der Waals surface area (Å²) in [5, 5.41) is 3.33. The second kappa shape index (κ2) is 3.17. The summed E-state index contributed by atoms with van der Waals surface area (Å²) in [6.45, 7) is 1.04. The molecule has 0 saturated carbocycles. The molecule has 3 N–H and O–H groups in total. The van der Waals surface area contributed by atoms with E-state index in [2.05, 4.69) is 5.32 Å². The third-order valence-electron chi connectivity index (χ3n) is 2.39. The molecule has 0 spiro atoms. The maximum absolute atomic E-state index is 5.80. The Balaban J connectivity index is 2.44. The Morgan fingerprint density at radius 2 is 2.31 bits per heavy atom. The minimum absolute atomic E-state index is 0.727. The first-order valence-corrected chi connectivity index (χ1v) is 4.51. The molecular formula is C10H14N2O. The zero-order valence-electron chi connectivity index (χ0n) is 7.76. The van der Waals surface area contributed by atoms with Crippen LogP contribution in [0.1, 0.15) is 12.0 Å². The van der Waals surface area contributed by atoms with E-state index in [1.165, 1.54) is 12.0 Å². The number of rotatable bonds is 1. The smallest absolute Gasteiger partial charge is 0.143 e. The molecule has 2 rings (SSSR count). The van der Waals surface area contributed by atoms with Crippen LogP contribution in [0.3, 0.4) is 0 Å². The maximum atomic E-state index is 5.80. The highest BCUT2D eigenvalue weighted by atomic mass is 16.5. The first-order chi connectivity index (χ1) is 6.31. The van der Waals surface area contributed by atoms with Crippen molar-refractivity contribution in [1.29, 1.82) is 0 Å². The Morgan fingerprint density at radius 3 is 3.08 bits per heavy atom. The van der Waals surface area contributed by atoms with Gasteiger partial charge in [-0.2, -0.15) is 0 Å². The van der Waals surface area contributed by atoms with Gasteiger partial charge in [-0.3, -0.25) is 0 Å². The Kier molecular flexibility index (Phi) is 2.00. The van der Waals surface area contributed by atoms with E-state index in [0.29, 0.717) is 0 Å². The molecule has 0 aromatic heterocycles. The number of aryl methyl sites for hydroxylation is 1. The van der Waals surface area contributed by atoms with Crippen LogP contribution < -0.4 is 15.8 Å². The number of nitrogens with two attached hydrogens (primary N) is 1. The van der Waals surface area contributed by atoms with Crippen molar-refractivity contribution in [3.8, 4) is 5.75 Å². The lowest BCUT2D eigenvalue weighted by Gasteiger charge is -2.19. The van der Waals surface area contributed by atoms with Gasteiger partial charge in [-0.05, 0) is 24.5 Å². The van der Waals surface area contributed by atoms with E-state index in [1.807, 2.05) is 12.1 Å². The number of nitrogen functional groups attached to an aromatic ring is 1. The van der Waals surface area contributed by atoms with Gasteiger partial charge in [-0.25, -0.2) is 0 Å². The molecule has 0 atom stereocenters. The summed E-state index contributed by atoms with van der Waals surface area (Å²) >= 11 is 0. The van der Waals surface area contributed by atoms with Crippen LogP contribution in [-0.2, 0) is 6.42 Å². The van der Waals surface area contributed by atoms with E-state index in [9.17, 15) is 0 Å². The predicted molar refractivity (Wildman–Crippen MR) is 54.2 cm³/mol. The van der Waals surface area contributed by atoms with Gasteiger partial charge in [0.2, 0.25) is 0 Å². The van der Waals surface area contributed by atoms with E-state index in [0.717, 1.165) is 30.1 Å². The normalized spacial score (nSPS) is 14.5. The number of ether oxygens (including phenoxy) is 1. The maximum Gasteiger partial charge on any atom is 0.143 e. The summed E-state index contributed by atoms with van der Waals surface area (Å²) in [6.07, 6.45) is 2.29. The fourth-order valence-corrected chi connectivity index (χ4v) is 1.69.